The van der Waals surface area contributed by atoms with Crippen LogP contribution < -0.4 is 4.90 Å². The van der Waals surface area contributed by atoms with Crippen LogP contribution in [0.3, 0.4) is 0 Å². The molecule has 0 heterocycles. The summed E-state index contributed by atoms with van der Waals surface area (Å²) in [6.45, 7) is 4.75. The topological polar surface area (TPSA) is 3.24 Å². The fourth-order valence-electron chi connectivity index (χ4n) is 10.9. The van der Waals surface area contributed by atoms with Gasteiger partial charge in [0.2, 0.25) is 0 Å². The maximum absolute atomic E-state index is 2.53. The number of nitrogens with zero attached hydrogens (tertiary/aromatic N) is 1. The van der Waals surface area contributed by atoms with Crippen LogP contribution in [0.5, 0.6) is 0 Å². The summed E-state index contributed by atoms with van der Waals surface area (Å²) in [5.74, 6) is 0. The summed E-state index contributed by atoms with van der Waals surface area (Å²) in [6, 6.07) is 79.2. The number of benzene rings is 9. The van der Waals surface area contributed by atoms with Crippen molar-refractivity contribution in [3.8, 4) is 55.6 Å². The van der Waals surface area contributed by atoms with Crippen molar-refractivity contribution in [2.75, 3.05) is 4.90 Å². The van der Waals surface area contributed by atoms with Gasteiger partial charge in [-0.3, -0.25) is 0 Å². The van der Waals surface area contributed by atoms with Crippen molar-refractivity contribution < 1.29 is 0 Å². The van der Waals surface area contributed by atoms with Gasteiger partial charge in [0.1, 0.15) is 0 Å². The summed E-state index contributed by atoms with van der Waals surface area (Å²) in [6.07, 6.45) is 0. The van der Waals surface area contributed by atoms with Crippen molar-refractivity contribution in [1.82, 2.24) is 0 Å². The Morgan fingerprint density at radius 3 is 1.36 bits per heavy atom. The minimum Gasteiger partial charge on any atom is -0.310 e. The zero-order valence-electron chi connectivity index (χ0n) is 33.2. The fourth-order valence-corrected chi connectivity index (χ4v) is 10.9. The first-order chi connectivity index (χ1) is 29.0. The van der Waals surface area contributed by atoms with Gasteiger partial charge in [-0.15, -0.1) is 0 Å². The Balaban J connectivity index is 1.14. The van der Waals surface area contributed by atoms with Crippen LogP contribution in [-0.4, -0.2) is 0 Å². The summed E-state index contributed by atoms with van der Waals surface area (Å²) >= 11 is 0. The van der Waals surface area contributed by atoms with Crippen LogP contribution in [0, 0.1) is 0 Å². The van der Waals surface area contributed by atoms with Crippen molar-refractivity contribution in [2.24, 2.45) is 0 Å². The smallest absolute Gasteiger partial charge is 0.0725 e. The highest BCUT2D eigenvalue weighted by atomic mass is 15.1. The molecule has 0 saturated heterocycles. The van der Waals surface area contributed by atoms with Gasteiger partial charge in [0.05, 0.1) is 11.1 Å². The molecule has 0 aliphatic heterocycles. The van der Waals surface area contributed by atoms with E-state index in [1.54, 1.807) is 0 Å². The Morgan fingerprint density at radius 2 is 0.729 bits per heavy atom. The van der Waals surface area contributed by atoms with E-state index in [1.807, 2.05) is 0 Å². The molecule has 0 aromatic heterocycles. The lowest BCUT2D eigenvalue weighted by molar-refractivity contribution is 0.660. The quantitative estimate of drug-likeness (QED) is 0.169. The van der Waals surface area contributed by atoms with E-state index in [-0.39, 0.29) is 5.41 Å². The van der Waals surface area contributed by atoms with E-state index in [4.69, 9.17) is 0 Å². The highest BCUT2D eigenvalue weighted by Gasteiger charge is 2.51. The summed E-state index contributed by atoms with van der Waals surface area (Å²) < 4.78 is 0. The molecule has 1 heteroatoms. The van der Waals surface area contributed by atoms with E-state index in [9.17, 15) is 0 Å². The average Bonchev–Trinajstić information content (AvgIpc) is 3.85. The molecule has 0 bridgehead atoms. The van der Waals surface area contributed by atoms with E-state index >= 15 is 0 Å². The number of hydrogen-bond acceptors (Lipinski definition) is 1. The normalized spacial score (nSPS) is 14.2. The molecule has 9 aromatic rings. The molecule has 0 unspecified atom stereocenters. The molecule has 1 nitrogen and oxygen atoms in total. The molecule has 0 N–H and O–H groups in total. The number of rotatable bonds is 5. The first-order valence-corrected chi connectivity index (χ1v) is 20.8. The van der Waals surface area contributed by atoms with Crippen LogP contribution in [0.15, 0.2) is 212 Å². The van der Waals surface area contributed by atoms with Gasteiger partial charge in [-0.2, -0.15) is 0 Å². The zero-order chi connectivity index (χ0) is 39.3. The van der Waals surface area contributed by atoms with Gasteiger partial charge < -0.3 is 4.90 Å². The molecular formula is C58H41N. The Bertz CT molecular complexity index is 3090. The van der Waals surface area contributed by atoms with E-state index < -0.39 is 5.41 Å². The lowest BCUT2D eigenvalue weighted by Gasteiger charge is -2.32. The van der Waals surface area contributed by atoms with Crippen LogP contribution in [0.1, 0.15) is 47.2 Å². The number of hydrogen-bond donors (Lipinski definition) is 0. The minimum absolute atomic E-state index is 0.145. The zero-order valence-corrected chi connectivity index (χ0v) is 33.2. The molecule has 0 saturated carbocycles. The number of anilines is 3. The molecule has 59 heavy (non-hydrogen) atoms. The van der Waals surface area contributed by atoms with E-state index in [0.717, 1.165) is 17.1 Å². The summed E-state index contributed by atoms with van der Waals surface area (Å²) in [7, 11) is 0. The minimum atomic E-state index is -0.395. The van der Waals surface area contributed by atoms with Gasteiger partial charge in [-0.25, -0.2) is 0 Å². The van der Waals surface area contributed by atoms with E-state index in [0.29, 0.717) is 0 Å². The summed E-state index contributed by atoms with van der Waals surface area (Å²) in [5.41, 5.74) is 23.6. The van der Waals surface area contributed by atoms with Crippen LogP contribution in [0.2, 0.25) is 0 Å². The Hall–Kier alpha value is -7.22. The molecule has 278 valence electrons. The van der Waals surface area contributed by atoms with Crippen molar-refractivity contribution in [1.29, 1.82) is 0 Å². The van der Waals surface area contributed by atoms with Gasteiger partial charge in [0, 0.05) is 22.4 Å². The maximum atomic E-state index is 2.53. The Labute approximate surface area is 346 Å². The second-order valence-corrected chi connectivity index (χ2v) is 16.8. The lowest BCUT2D eigenvalue weighted by Crippen LogP contribution is -2.25. The first-order valence-electron chi connectivity index (χ1n) is 20.8. The molecule has 0 amide bonds. The van der Waals surface area contributed by atoms with Crippen molar-refractivity contribution >= 4 is 17.1 Å². The summed E-state index contributed by atoms with van der Waals surface area (Å²) in [5, 5.41) is 0. The Morgan fingerprint density at radius 1 is 0.288 bits per heavy atom. The van der Waals surface area contributed by atoms with Crippen molar-refractivity contribution in [3.05, 3.63) is 246 Å². The molecule has 1 spiro atoms. The van der Waals surface area contributed by atoms with E-state index in [1.165, 1.54) is 89.0 Å². The maximum Gasteiger partial charge on any atom is 0.0725 e. The standard InChI is InChI=1S/C58H41N/c1-57(2)50-25-13-9-21-44(50)48-33-30-42(37-55(48)57)59(56-35-40(38-17-5-3-6-18-38)29-32-43(56)39-19-7-4-8-20-39)41-31-34-54-49(36-41)47-24-12-16-28-53(47)58(54)51-26-14-10-22-45(51)46-23-11-15-27-52(46)58/h3-37H,1-2H3. The van der Waals surface area contributed by atoms with Gasteiger partial charge in [-0.1, -0.05) is 196 Å². The molecule has 3 aliphatic carbocycles. The van der Waals surface area contributed by atoms with Gasteiger partial charge >= 0.3 is 0 Å². The van der Waals surface area contributed by atoms with Gasteiger partial charge in [-0.05, 0) is 114 Å². The SMILES string of the molecule is CC1(C)c2ccccc2-c2ccc(N(c3ccc4c(c3)-c3ccccc3C43c4ccccc4-c4ccccc43)c3cc(-c4ccccc4)ccc3-c3ccccc3)cc21. The third-order valence-corrected chi connectivity index (χ3v) is 13.5. The Kier molecular flexibility index (Phi) is 7.26. The highest BCUT2D eigenvalue weighted by Crippen LogP contribution is 2.63. The molecule has 3 aliphatic rings. The predicted octanol–water partition coefficient (Wildman–Crippen LogP) is 15.1. The van der Waals surface area contributed by atoms with Gasteiger partial charge in [0.15, 0.2) is 0 Å². The molecule has 0 fully saturated rings. The second-order valence-electron chi connectivity index (χ2n) is 16.8. The van der Waals surface area contributed by atoms with Crippen molar-refractivity contribution in [3.63, 3.8) is 0 Å². The molecule has 12 rings (SSSR count). The molecule has 0 radical (unpaired) electrons. The lowest BCUT2D eigenvalue weighted by atomic mass is 9.70. The number of fused-ring (bicyclic) bond motifs is 13. The largest absolute Gasteiger partial charge is 0.310 e. The predicted molar refractivity (Wildman–Crippen MR) is 246 cm³/mol. The highest BCUT2D eigenvalue weighted by molar-refractivity contribution is 5.98. The molecular weight excluding hydrogens is 711 g/mol. The van der Waals surface area contributed by atoms with Crippen LogP contribution >= 0.6 is 0 Å². The first kappa shape index (κ1) is 33.9. The second kappa shape index (κ2) is 12.6. The monoisotopic (exact) mass is 751 g/mol. The average molecular weight is 752 g/mol. The van der Waals surface area contributed by atoms with Gasteiger partial charge in [0.25, 0.3) is 0 Å². The fraction of sp³-hybridized carbons (Fsp3) is 0.0690. The third kappa shape index (κ3) is 4.73. The van der Waals surface area contributed by atoms with E-state index in [2.05, 4.69) is 231 Å². The van der Waals surface area contributed by atoms with Crippen molar-refractivity contribution in [2.45, 2.75) is 24.7 Å². The summed E-state index contributed by atoms with van der Waals surface area (Å²) in [4.78, 5) is 2.53. The van der Waals surface area contributed by atoms with Crippen LogP contribution in [0.4, 0.5) is 17.1 Å². The molecule has 0 atom stereocenters. The third-order valence-electron chi connectivity index (χ3n) is 13.5. The molecule has 9 aromatic carbocycles. The van der Waals surface area contributed by atoms with Crippen LogP contribution in [0.25, 0.3) is 55.6 Å². The van der Waals surface area contributed by atoms with Crippen LogP contribution in [-0.2, 0) is 10.8 Å².